The average molecular weight is 422 g/mol. The number of nitrogens with zero attached hydrogens (tertiary/aromatic N) is 3. The van der Waals surface area contributed by atoms with Crippen LogP contribution in [0.25, 0.3) is 11.4 Å². The molecule has 0 bridgehead atoms. The van der Waals surface area contributed by atoms with E-state index >= 15 is 0 Å². The fourth-order valence-corrected chi connectivity index (χ4v) is 2.57. The highest BCUT2D eigenvalue weighted by Gasteiger charge is 2.38. The van der Waals surface area contributed by atoms with Gasteiger partial charge >= 0.3 is 12.1 Å². The van der Waals surface area contributed by atoms with Crippen LogP contribution < -0.4 is 5.32 Å². The van der Waals surface area contributed by atoms with Crippen molar-refractivity contribution in [1.82, 2.24) is 20.4 Å². The van der Waals surface area contributed by atoms with Crippen LogP contribution in [0.15, 0.2) is 51.6 Å². The third-order valence-corrected chi connectivity index (χ3v) is 4.02. The normalized spacial score (nSPS) is 11.3. The Morgan fingerprint density at radius 3 is 2.43 bits per heavy atom. The maximum atomic E-state index is 12.6. The molecule has 8 nitrogen and oxygen atoms in total. The quantitative estimate of drug-likeness (QED) is 0.628. The second kappa shape index (κ2) is 8.80. The maximum Gasteiger partial charge on any atom is 0.471 e. The summed E-state index contributed by atoms with van der Waals surface area (Å²) in [5.41, 5.74) is 1.04. The maximum absolute atomic E-state index is 12.6. The average Bonchev–Trinajstić information content (AvgIpc) is 3.38. The van der Waals surface area contributed by atoms with E-state index in [9.17, 15) is 22.8 Å². The predicted molar refractivity (Wildman–Crippen MR) is 96.4 cm³/mol. The lowest BCUT2D eigenvalue weighted by Gasteiger charge is -2.22. The first-order valence-electron chi connectivity index (χ1n) is 8.77. The zero-order chi connectivity index (χ0) is 21.7. The van der Waals surface area contributed by atoms with E-state index in [0.29, 0.717) is 16.9 Å². The molecule has 1 aromatic carbocycles. The minimum absolute atomic E-state index is 0.169. The Kier molecular flexibility index (Phi) is 6.19. The molecule has 0 aliphatic rings. The van der Waals surface area contributed by atoms with Crippen LogP contribution >= 0.6 is 0 Å². The number of carbonyl (C=O) groups excluding carboxylic acids is 2. The first-order valence-corrected chi connectivity index (χ1v) is 8.77. The van der Waals surface area contributed by atoms with Crippen LogP contribution in [0.4, 0.5) is 13.2 Å². The number of nitrogens with one attached hydrogen (secondary N) is 1. The molecule has 30 heavy (non-hydrogen) atoms. The Morgan fingerprint density at radius 2 is 1.87 bits per heavy atom. The van der Waals surface area contributed by atoms with Gasteiger partial charge in [-0.3, -0.25) is 9.59 Å². The Bertz CT molecular complexity index is 998. The standard InChI is InChI=1S/C19H17F3N4O4/c1-12(27)23-9-16(28)26(11-15-3-2-8-29-15)10-13-4-6-14(7-5-13)17-24-18(30-25-17)19(20,21)22/h2-8H,9-11H2,1H3,(H,23,27). The minimum Gasteiger partial charge on any atom is -0.467 e. The third kappa shape index (κ3) is 5.46. The molecule has 158 valence electrons. The van der Waals surface area contributed by atoms with Crippen LogP contribution in [0.2, 0.25) is 0 Å². The smallest absolute Gasteiger partial charge is 0.467 e. The van der Waals surface area contributed by atoms with Crippen molar-refractivity contribution in [1.29, 1.82) is 0 Å². The van der Waals surface area contributed by atoms with Crippen molar-refractivity contribution in [2.75, 3.05) is 6.54 Å². The lowest BCUT2D eigenvalue weighted by atomic mass is 10.1. The molecule has 0 radical (unpaired) electrons. The molecule has 0 spiro atoms. The molecule has 0 unspecified atom stereocenters. The van der Waals surface area contributed by atoms with Crippen molar-refractivity contribution < 1.29 is 31.7 Å². The monoisotopic (exact) mass is 422 g/mol. The summed E-state index contributed by atoms with van der Waals surface area (Å²) in [6.45, 7) is 1.52. The van der Waals surface area contributed by atoms with E-state index in [1.54, 1.807) is 24.3 Å². The number of halogens is 3. The van der Waals surface area contributed by atoms with Gasteiger partial charge < -0.3 is 19.2 Å². The summed E-state index contributed by atoms with van der Waals surface area (Å²) < 4.78 is 47.3. The Balaban J connectivity index is 1.73. The Morgan fingerprint density at radius 1 is 1.13 bits per heavy atom. The number of carbonyl (C=O) groups is 2. The first kappa shape index (κ1) is 21.1. The van der Waals surface area contributed by atoms with Crippen molar-refractivity contribution in [3.8, 4) is 11.4 Å². The summed E-state index contributed by atoms with van der Waals surface area (Å²) in [6, 6.07) is 9.75. The number of furan rings is 1. The molecular weight excluding hydrogens is 405 g/mol. The van der Waals surface area contributed by atoms with Crippen LogP contribution in [0.1, 0.15) is 24.1 Å². The van der Waals surface area contributed by atoms with E-state index in [1.807, 2.05) is 0 Å². The van der Waals surface area contributed by atoms with Crippen LogP contribution in [-0.2, 0) is 28.9 Å². The summed E-state index contributed by atoms with van der Waals surface area (Å²) >= 11 is 0. The van der Waals surface area contributed by atoms with E-state index in [2.05, 4.69) is 20.0 Å². The van der Waals surface area contributed by atoms with Crippen molar-refractivity contribution in [3.05, 3.63) is 59.9 Å². The number of benzene rings is 1. The van der Waals surface area contributed by atoms with Gasteiger partial charge in [0.2, 0.25) is 17.6 Å². The van der Waals surface area contributed by atoms with Crippen LogP contribution in [-0.4, -0.2) is 33.4 Å². The highest BCUT2D eigenvalue weighted by molar-refractivity contribution is 5.83. The van der Waals surface area contributed by atoms with Gasteiger partial charge in [0.15, 0.2) is 0 Å². The molecule has 11 heteroatoms. The van der Waals surface area contributed by atoms with Gasteiger partial charge in [-0.05, 0) is 17.7 Å². The van der Waals surface area contributed by atoms with Crippen LogP contribution in [0, 0.1) is 0 Å². The molecule has 1 N–H and O–H groups in total. The number of hydrogen-bond acceptors (Lipinski definition) is 6. The number of aromatic nitrogens is 2. The topological polar surface area (TPSA) is 101 Å². The summed E-state index contributed by atoms with van der Waals surface area (Å²) in [6.07, 6.45) is -3.23. The van der Waals surface area contributed by atoms with Gasteiger partial charge in [0.05, 0.1) is 19.4 Å². The van der Waals surface area contributed by atoms with Gasteiger partial charge in [0.25, 0.3) is 0 Å². The van der Waals surface area contributed by atoms with Crippen LogP contribution in [0.3, 0.4) is 0 Å². The van der Waals surface area contributed by atoms with Crippen molar-refractivity contribution in [2.24, 2.45) is 0 Å². The van der Waals surface area contributed by atoms with Gasteiger partial charge in [0.1, 0.15) is 5.76 Å². The summed E-state index contributed by atoms with van der Waals surface area (Å²) in [7, 11) is 0. The highest BCUT2D eigenvalue weighted by Crippen LogP contribution is 2.29. The third-order valence-electron chi connectivity index (χ3n) is 4.02. The lowest BCUT2D eigenvalue weighted by Crippen LogP contribution is -2.38. The second-order valence-corrected chi connectivity index (χ2v) is 6.36. The second-order valence-electron chi connectivity index (χ2n) is 6.36. The number of amides is 2. The van der Waals surface area contributed by atoms with Gasteiger partial charge in [-0.1, -0.05) is 29.4 Å². The van der Waals surface area contributed by atoms with Gasteiger partial charge in [-0.2, -0.15) is 18.2 Å². The van der Waals surface area contributed by atoms with Gasteiger partial charge in [0, 0.05) is 19.0 Å². The molecule has 0 aliphatic carbocycles. The predicted octanol–water partition coefficient (Wildman–Crippen LogP) is 3.01. The number of alkyl halides is 3. The Labute approximate surface area is 168 Å². The van der Waals surface area contributed by atoms with E-state index in [4.69, 9.17) is 4.42 Å². The van der Waals surface area contributed by atoms with E-state index in [0.717, 1.165) is 0 Å². The SMILES string of the molecule is CC(=O)NCC(=O)N(Cc1ccc(-c2noc(C(F)(F)F)n2)cc1)Cc1ccco1. The van der Waals surface area contributed by atoms with Gasteiger partial charge in [-0.25, -0.2) is 0 Å². The summed E-state index contributed by atoms with van der Waals surface area (Å²) in [5, 5.41) is 5.80. The molecule has 2 aromatic heterocycles. The molecule has 0 saturated carbocycles. The fraction of sp³-hybridized carbons (Fsp3) is 0.263. The van der Waals surface area contributed by atoms with Crippen LogP contribution in [0.5, 0.6) is 0 Å². The van der Waals surface area contributed by atoms with Crippen molar-refractivity contribution in [2.45, 2.75) is 26.2 Å². The number of hydrogen-bond donors (Lipinski definition) is 1. The summed E-state index contributed by atoms with van der Waals surface area (Å²) in [5.74, 6) is -1.70. The first-order chi connectivity index (χ1) is 14.2. The Hall–Kier alpha value is -3.63. The molecule has 0 saturated heterocycles. The fourth-order valence-electron chi connectivity index (χ4n) is 2.57. The molecule has 3 aromatic rings. The molecule has 0 fully saturated rings. The molecule has 0 aliphatic heterocycles. The summed E-state index contributed by atoms with van der Waals surface area (Å²) in [4.78, 5) is 28.4. The van der Waals surface area contributed by atoms with E-state index < -0.39 is 12.1 Å². The van der Waals surface area contributed by atoms with E-state index in [1.165, 1.54) is 30.2 Å². The highest BCUT2D eigenvalue weighted by atomic mass is 19.4. The molecular formula is C19H17F3N4O4. The lowest BCUT2D eigenvalue weighted by molar-refractivity contribution is -0.159. The largest absolute Gasteiger partial charge is 0.471 e. The van der Waals surface area contributed by atoms with Crippen molar-refractivity contribution in [3.63, 3.8) is 0 Å². The zero-order valence-corrected chi connectivity index (χ0v) is 15.8. The van der Waals surface area contributed by atoms with Gasteiger partial charge in [-0.15, -0.1) is 0 Å². The molecule has 3 rings (SSSR count). The zero-order valence-electron chi connectivity index (χ0n) is 15.8. The van der Waals surface area contributed by atoms with E-state index in [-0.39, 0.29) is 37.3 Å². The van der Waals surface area contributed by atoms with Crippen molar-refractivity contribution >= 4 is 11.8 Å². The molecule has 2 amide bonds. The minimum atomic E-state index is -4.72. The molecule has 2 heterocycles. The molecule has 0 atom stereocenters. The number of rotatable bonds is 7.